The van der Waals surface area contributed by atoms with Crippen molar-refractivity contribution in [1.82, 2.24) is 15.1 Å². The van der Waals surface area contributed by atoms with Gasteiger partial charge in [-0.3, -0.25) is 4.68 Å². The quantitative estimate of drug-likeness (QED) is 0.888. The third kappa shape index (κ3) is 3.64. The van der Waals surface area contributed by atoms with Gasteiger partial charge in [-0.05, 0) is 28.1 Å². The zero-order chi connectivity index (χ0) is 12.3. The van der Waals surface area contributed by atoms with Crippen molar-refractivity contribution in [2.24, 2.45) is 12.8 Å². The molecule has 0 aliphatic heterocycles. The van der Waals surface area contributed by atoms with E-state index in [0.717, 1.165) is 22.4 Å². The summed E-state index contributed by atoms with van der Waals surface area (Å²) in [5, 5.41) is 7.46. The van der Waals surface area contributed by atoms with E-state index in [9.17, 15) is 0 Å². The molecular weight excluding hydrogens is 300 g/mol. The number of rotatable bonds is 5. The van der Waals surface area contributed by atoms with Crippen LogP contribution in [-0.2, 0) is 13.6 Å². The molecular formula is C11H15BrN4S. The van der Waals surface area contributed by atoms with E-state index in [1.54, 1.807) is 16.0 Å². The number of aromatic nitrogens is 2. The third-order valence-corrected chi connectivity index (χ3v) is 4.07. The van der Waals surface area contributed by atoms with Crippen LogP contribution in [0, 0.1) is 0 Å². The van der Waals surface area contributed by atoms with Gasteiger partial charge >= 0.3 is 0 Å². The van der Waals surface area contributed by atoms with Gasteiger partial charge in [0.2, 0.25) is 0 Å². The summed E-state index contributed by atoms with van der Waals surface area (Å²) in [6, 6.07) is 4.16. The summed E-state index contributed by atoms with van der Waals surface area (Å²) in [7, 11) is 1.90. The molecule has 0 saturated heterocycles. The molecule has 0 radical (unpaired) electrons. The molecule has 2 aromatic heterocycles. The van der Waals surface area contributed by atoms with Gasteiger partial charge in [-0.2, -0.15) is 5.10 Å². The van der Waals surface area contributed by atoms with E-state index in [-0.39, 0.29) is 6.04 Å². The molecule has 1 atom stereocenters. The van der Waals surface area contributed by atoms with Crippen LogP contribution in [0.4, 0.5) is 0 Å². The van der Waals surface area contributed by atoms with E-state index in [1.807, 2.05) is 19.4 Å². The van der Waals surface area contributed by atoms with Gasteiger partial charge in [-0.1, -0.05) is 0 Å². The summed E-state index contributed by atoms with van der Waals surface area (Å²) in [5.74, 6) is 0. The maximum Gasteiger partial charge on any atom is 0.0701 e. The van der Waals surface area contributed by atoms with Gasteiger partial charge in [-0.15, -0.1) is 11.3 Å². The van der Waals surface area contributed by atoms with Crippen molar-refractivity contribution >= 4 is 27.3 Å². The lowest BCUT2D eigenvalue weighted by atomic mass is 10.2. The average molecular weight is 315 g/mol. The highest BCUT2D eigenvalue weighted by atomic mass is 79.9. The summed E-state index contributed by atoms with van der Waals surface area (Å²) in [6.45, 7) is 1.60. The summed E-state index contributed by atoms with van der Waals surface area (Å²) in [5.41, 5.74) is 7.12. The van der Waals surface area contributed by atoms with Crippen LogP contribution >= 0.6 is 27.3 Å². The number of nitrogens with two attached hydrogens (primary N) is 1. The van der Waals surface area contributed by atoms with Crippen molar-refractivity contribution in [3.8, 4) is 0 Å². The Morgan fingerprint density at radius 3 is 3.00 bits per heavy atom. The predicted octanol–water partition coefficient (Wildman–Crippen LogP) is 2.03. The van der Waals surface area contributed by atoms with Crippen molar-refractivity contribution in [1.29, 1.82) is 0 Å². The van der Waals surface area contributed by atoms with Crippen molar-refractivity contribution in [2.45, 2.75) is 12.6 Å². The number of thiophene rings is 1. The maximum absolute atomic E-state index is 6.06. The van der Waals surface area contributed by atoms with Crippen molar-refractivity contribution in [3.63, 3.8) is 0 Å². The van der Waals surface area contributed by atoms with Gasteiger partial charge in [0.25, 0.3) is 0 Å². The topological polar surface area (TPSA) is 55.9 Å². The number of nitrogens with zero attached hydrogens (tertiary/aromatic N) is 2. The summed E-state index contributed by atoms with van der Waals surface area (Å²) < 4.78 is 2.93. The number of hydrogen-bond donors (Lipinski definition) is 2. The molecule has 3 N–H and O–H groups in total. The first-order chi connectivity index (χ1) is 8.15. The van der Waals surface area contributed by atoms with E-state index < -0.39 is 0 Å². The number of halogens is 1. The minimum Gasteiger partial charge on any atom is -0.323 e. The summed E-state index contributed by atoms with van der Waals surface area (Å²) in [6.07, 6.45) is 3.77. The fraction of sp³-hybridized carbons (Fsp3) is 0.364. The fourth-order valence-electron chi connectivity index (χ4n) is 1.55. The van der Waals surface area contributed by atoms with Crippen LogP contribution < -0.4 is 11.1 Å². The highest BCUT2D eigenvalue weighted by Gasteiger charge is 2.07. The standard InChI is InChI=1S/C11H15BrN4S/c1-16-7-8(4-15-16)10(13)6-14-5-9-2-3-11(12)17-9/h2-4,7,10,14H,5-6,13H2,1H3. The Bertz CT molecular complexity index is 479. The molecule has 0 amide bonds. The van der Waals surface area contributed by atoms with E-state index in [4.69, 9.17) is 5.73 Å². The Balaban J connectivity index is 1.78. The van der Waals surface area contributed by atoms with Crippen LogP contribution in [0.5, 0.6) is 0 Å². The third-order valence-electron chi connectivity index (χ3n) is 2.45. The minimum absolute atomic E-state index is 0.00731. The molecule has 1 unspecified atom stereocenters. The van der Waals surface area contributed by atoms with Crippen LogP contribution in [0.1, 0.15) is 16.5 Å². The predicted molar refractivity (Wildman–Crippen MR) is 73.9 cm³/mol. The molecule has 0 saturated carbocycles. The molecule has 2 rings (SSSR count). The molecule has 0 aliphatic carbocycles. The van der Waals surface area contributed by atoms with E-state index in [2.05, 4.69) is 38.5 Å². The van der Waals surface area contributed by atoms with Crippen LogP contribution in [0.15, 0.2) is 28.3 Å². The van der Waals surface area contributed by atoms with Crippen LogP contribution in [0.25, 0.3) is 0 Å². The van der Waals surface area contributed by atoms with Crippen LogP contribution in [0.2, 0.25) is 0 Å². The Morgan fingerprint density at radius 1 is 1.59 bits per heavy atom. The highest BCUT2D eigenvalue weighted by Crippen LogP contribution is 2.21. The Hall–Kier alpha value is -0.690. The molecule has 4 nitrogen and oxygen atoms in total. The smallest absolute Gasteiger partial charge is 0.0701 e. The van der Waals surface area contributed by atoms with Crippen LogP contribution in [-0.4, -0.2) is 16.3 Å². The first-order valence-electron chi connectivity index (χ1n) is 5.34. The minimum atomic E-state index is -0.00731. The van der Waals surface area contributed by atoms with E-state index in [0.29, 0.717) is 0 Å². The Labute approximate surface area is 113 Å². The van der Waals surface area contributed by atoms with Crippen molar-refractivity contribution < 1.29 is 0 Å². The molecule has 6 heteroatoms. The van der Waals surface area contributed by atoms with Gasteiger partial charge in [0.05, 0.1) is 9.98 Å². The molecule has 0 fully saturated rings. The number of hydrogen-bond acceptors (Lipinski definition) is 4. The molecule has 92 valence electrons. The lowest BCUT2D eigenvalue weighted by molar-refractivity contribution is 0.601. The van der Waals surface area contributed by atoms with Gasteiger partial charge in [-0.25, -0.2) is 0 Å². The molecule has 0 spiro atoms. The van der Waals surface area contributed by atoms with E-state index in [1.165, 1.54) is 4.88 Å². The first-order valence-corrected chi connectivity index (χ1v) is 6.95. The normalized spacial score (nSPS) is 12.9. The van der Waals surface area contributed by atoms with Gasteiger partial charge in [0, 0.05) is 42.8 Å². The summed E-state index contributed by atoms with van der Waals surface area (Å²) >= 11 is 5.18. The van der Waals surface area contributed by atoms with Gasteiger partial charge in [0.15, 0.2) is 0 Å². The zero-order valence-corrected chi connectivity index (χ0v) is 12.0. The van der Waals surface area contributed by atoms with E-state index >= 15 is 0 Å². The second kappa shape index (κ2) is 5.77. The largest absolute Gasteiger partial charge is 0.323 e. The first kappa shape index (κ1) is 12.8. The monoisotopic (exact) mass is 314 g/mol. The van der Waals surface area contributed by atoms with Crippen molar-refractivity contribution in [3.05, 3.63) is 38.8 Å². The average Bonchev–Trinajstić information content (AvgIpc) is 2.88. The molecule has 0 aliphatic rings. The summed E-state index contributed by atoms with van der Waals surface area (Å²) in [4.78, 5) is 1.30. The lowest BCUT2D eigenvalue weighted by Gasteiger charge is -2.09. The maximum atomic E-state index is 6.06. The fourth-order valence-corrected chi connectivity index (χ4v) is 3.00. The molecule has 2 heterocycles. The number of nitrogens with one attached hydrogen (secondary N) is 1. The van der Waals surface area contributed by atoms with Crippen molar-refractivity contribution in [2.75, 3.05) is 6.54 Å². The zero-order valence-electron chi connectivity index (χ0n) is 9.56. The van der Waals surface area contributed by atoms with Gasteiger partial charge < -0.3 is 11.1 Å². The van der Waals surface area contributed by atoms with Crippen LogP contribution in [0.3, 0.4) is 0 Å². The molecule has 2 aromatic rings. The van der Waals surface area contributed by atoms with Gasteiger partial charge in [0.1, 0.15) is 0 Å². The molecule has 0 aromatic carbocycles. The number of aryl methyl sites for hydroxylation is 1. The molecule has 0 bridgehead atoms. The Kier molecular flexibility index (Phi) is 4.33. The Morgan fingerprint density at radius 2 is 2.41 bits per heavy atom. The second-order valence-electron chi connectivity index (χ2n) is 3.89. The molecule has 17 heavy (non-hydrogen) atoms. The lowest BCUT2D eigenvalue weighted by Crippen LogP contribution is -2.26. The second-order valence-corrected chi connectivity index (χ2v) is 6.44. The SMILES string of the molecule is Cn1cc(C(N)CNCc2ccc(Br)s2)cn1. The highest BCUT2D eigenvalue weighted by molar-refractivity contribution is 9.11.